The van der Waals surface area contributed by atoms with Gasteiger partial charge in [0.25, 0.3) is 0 Å². The van der Waals surface area contributed by atoms with Gasteiger partial charge < -0.3 is 18.9 Å². The van der Waals surface area contributed by atoms with Crippen LogP contribution in [0.4, 0.5) is 0 Å². The van der Waals surface area contributed by atoms with Gasteiger partial charge in [-0.25, -0.2) is 0 Å². The molecule has 5 rings (SSSR count). The van der Waals surface area contributed by atoms with Crippen molar-refractivity contribution in [3.05, 3.63) is 12.2 Å². The molecule has 5 aliphatic carbocycles. The summed E-state index contributed by atoms with van der Waals surface area (Å²) in [5.74, 6) is 1.85. The van der Waals surface area contributed by atoms with Gasteiger partial charge in [-0.05, 0) is 133 Å². The molecule has 0 aromatic rings. The summed E-state index contributed by atoms with van der Waals surface area (Å²) in [5.41, 5.74) is 1.46. The predicted molar refractivity (Wildman–Crippen MR) is 201 cm³/mol. The average Bonchev–Trinajstić information content (AvgIpc) is 3.39. The zero-order valence-corrected chi connectivity index (χ0v) is 34.5. The molecule has 0 aliphatic heterocycles. The minimum absolute atomic E-state index is 0.217. The standard InChI is InChI=1S/C44H70O8/c1-26(13-14-34(50-29(4)46)39(52-31(6)48)35(51-30(5)47)25-49-28(3)45)32-18-22-41(9)33(32)19-23-43(11)37(41)15-16-38-42(10)21-17-27(2)40(7,8)36(42)20-24-44(38,43)12/h15-16,26-27,32-39H,13-14,17-25H2,1-12H3/t26-,27+,32-,33+,34-,35+,36+,37-,38-,39-,41+,42+,43-,44-/m1/s1. The lowest BCUT2D eigenvalue weighted by molar-refractivity contribution is -0.205. The summed E-state index contributed by atoms with van der Waals surface area (Å²) in [6.07, 6.45) is 13.7. The fraction of sp³-hybridized carbons (Fsp3) is 0.864. The van der Waals surface area contributed by atoms with Crippen LogP contribution in [0.25, 0.3) is 0 Å². The second-order valence-electron chi connectivity index (χ2n) is 19.6. The zero-order valence-electron chi connectivity index (χ0n) is 34.5. The summed E-state index contributed by atoms with van der Waals surface area (Å²) in [4.78, 5) is 48.4. The highest BCUT2D eigenvalue weighted by Gasteiger charge is 2.69. The fourth-order valence-corrected chi connectivity index (χ4v) is 13.7. The molecular formula is C44H70O8. The molecule has 14 atom stereocenters. The summed E-state index contributed by atoms with van der Waals surface area (Å²) >= 11 is 0. The van der Waals surface area contributed by atoms with E-state index in [1.165, 1.54) is 79.1 Å². The molecule has 294 valence electrons. The van der Waals surface area contributed by atoms with Crippen LogP contribution < -0.4 is 0 Å². The third-order valence-electron chi connectivity index (χ3n) is 16.7. The predicted octanol–water partition coefficient (Wildman–Crippen LogP) is 9.27. The highest BCUT2D eigenvalue weighted by Crippen LogP contribution is 2.76. The largest absolute Gasteiger partial charge is 0.462 e. The molecule has 0 bridgehead atoms. The Labute approximate surface area is 314 Å². The normalized spacial score (nSPS) is 41.1. The van der Waals surface area contributed by atoms with E-state index in [1.807, 2.05) is 0 Å². The molecule has 5 aliphatic rings. The number of carbonyl (C=O) groups is 4. The number of carbonyl (C=O) groups excluding carboxylic acids is 4. The highest BCUT2D eigenvalue weighted by atomic mass is 16.6. The SMILES string of the molecule is CC(=O)OC[C@H](OC(C)=O)[C@H](OC(C)=O)[C@@H](CC[C@@H](C)[C@H]1CC[C@]2(C)[C@H]3C=C[C@@H]4[C@@]5(C)CC[C@H](C)C(C)(C)[C@@H]5CC[C@@]4(C)[C@]3(C)CC[C@@H]12)OC(C)=O. The monoisotopic (exact) mass is 727 g/mol. The van der Waals surface area contributed by atoms with E-state index in [9.17, 15) is 19.2 Å². The highest BCUT2D eigenvalue weighted by molar-refractivity contribution is 5.68. The molecular weight excluding hydrogens is 656 g/mol. The van der Waals surface area contributed by atoms with Gasteiger partial charge in [0.2, 0.25) is 0 Å². The lowest BCUT2D eigenvalue weighted by atomic mass is 9.33. The molecule has 8 heteroatoms. The number of allylic oxidation sites excluding steroid dienone is 2. The summed E-state index contributed by atoms with van der Waals surface area (Å²) in [6.45, 7) is 25.3. The Kier molecular flexibility index (Phi) is 11.5. The van der Waals surface area contributed by atoms with E-state index in [4.69, 9.17) is 18.9 Å². The van der Waals surface area contributed by atoms with E-state index in [1.54, 1.807) is 0 Å². The number of fused-ring (bicyclic) bond motifs is 7. The number of rotatable bonds is 11. The van der Waals surface area contributed by atoms with Gasteiger partial charge in [-0.1, -0.05) is 67.5 Å². The van der Waals surface area contributed by atoms with E-state index in [0.717, 1.165) is 18.3 Å². The van der Waals surface area contributed by atoms with Crippen molar-refractivity contribution in [3.8, 4) is 0 Å². The van der Waals surface area contributed by atoms with Crippen molar-refractivity contribution < 1.29 is 38.1 Å². The maximum absolute atomic E-state index is 12.4. The first-order valence-corrected chi connectivity index (χ1v) is 20.4. The fourth-order valence-electron chi connectivity index (χ4n) is 13.7. The first kappa shape index (κ1) is 40.8. The quantitative estimate of drug-likeness (QED) is 0.118. The Balaban J connectivity index is 1.36. The summed E-state index contributed by atoms with van der Waals surface area (Å²) < 4.78 is 22.1. The van der Waals surface area contributed by atoms with Gasteiger partial charge in [0.15, 0.2) is 12.2 Å². The molecule has 0 saturated heterocycles. The molecule has 52 heavy (non-hydrogen) atoms. The number of hydrogen-bond donors (Lipinski definition) is 0. The van der Waals surface area contributed by atoms with Crippen LogP contribution in [0.15, 0.2) is 12.2 Å². The number of ether oxygens (including phenoxy) is 4. The lowest BCUT2D eigenvalue weighted by Gasteiger charge is -2.71. The van der Waals surface area contributed by atoms with Crippen molar-refractivity contribution in [2.24, 2.45) is 68.5 Å². The van der Waals surface area contributed by atoms with Gasteiger partial charge in [0, 0.05) is 27.7 Å². The maximum atomic E-state index is 12.4. The van der Waals surface area contributed by atoms with Crippen LogP contribution >= 0.6 is 0 Å². The van der Waals surface area contributed by atoms with Crippen molar-refractivity contribution >= 4 is 23.9 Å². The number of hydrogen-bond acceptors (Lipinski definition) is 8. The van der Waals surface area contributed by atoms with Crippen LogP contribution in [0.2, 0.25) is 0 Å². The lowest BCUT2D eigenvalue weighted by Crippen LogP contribution is -2.65. The maximum Gasteiger partial charge on any atom is 0.303 e. The third-order valence-corrected chi connectivity index (χ3v) is 16.7. The van der Waals surface area contributed by atoms with Crippen molar-refractivity contribution in [3.63, 3.8) is 0 Å². The van der Waals surface area contributed by atoms with E-state index < -0.39 is 42.2 Å². The molecule has 0 amide bonds. The topological polar surface area (TPSA) is 105 Å². The van der Waals surface area contributed by atoms with E-state index in [0.29, 0.717) is 46.8 Å². The Hall–Kier alpha value is -2.38. The van der Waals surface area contributed by atoms with Crippen molar-refractivity contribution in [1.82, 2.24) is 0 Å². The minimum atomic E-state index is -1.11. The van der Waals surface area contributed by atoms with E-state index >= 15 is 0 Å². The van der Waals surface area contributed by atoms with Crippen LogP contribution in [0, 0.1) is 68.5 Å². The second-order valence-corrected chi connectivity index (χ2v) is 19.6. The molecule has 0 aromatic carbocycles. The van der Waals surface area contributed by atoms with Gasteiger partial charge in [-0.3, -0.25) is 19.2 Å². The van der Waals surface area contributed by atoms with E-state index in [2.05, 4.69) is 67.5 Å². The second kappa shape index (κ2) is 14.7. The number of esters is 4. The molecule has 4 saturated carbocycles. The molecule has 0 N–H and O–H groups in total. The van der Waals surface area contributed by atoms with Crippen LogP contribution in [0.5, 0.6) is 0 Å². The van der Waals surface area contributed by atoms with Gasteiger partial charge >= 0.3 is 23.9 Å². The van der Waals surface area contributed by atoms with Crippen LogP contribution in [-0.4, -0.2) is 48.8 Å². The molecule has 0 unspecified atom stereocenters. The molecule has 0 aromatic heterocycles. The molecule has 8 nitrogen and oxygen atoms in total. The van der Waals surface area contributed by atoms with Crippen molar-refractivity contribution in [2.45, 2.75) is 166 Å². The summed E-state index contributed by atoms with van der Waals surface area (Å²) in [7, 11) is 0. The Bertz CT molecular complexity index is 1400. The summed E-state index contributed by atoms with van der Waals surface area (Å²) in [5, 5.41) is 0. The first-order chi connectivity index (χ1) is 24.1. The Morgan fingerprint density at radius 2 is 1.19 bits per heavy atom. The zero-order chi connectivity index (χ0) is 38.6. The van der Waals surface area contributed by atoms with Gasteiger partial charge in [0.05, 0.1) is 0 Å². The van der Waals surface area contributed by atoms with Gasteiger partial charge in [-0.15, -0.1) is 0 Å². The average molecular weight is 727 g/mol. The van der Waals surface area contributed by atoms with Crippen molar-refractivity contribution in [2.75, 3.05) is 6.61 Å². The Morgan fingerprint density at radius 1 is 0.654 bits per heavy atom. The molecule has 0 radical (unpaired) electrons. The summed E-state index contributed by atoms with van der Waals surface area (Å²) in [6, 6.07) is 0. The van der Waals surface area contributed by atoms with Gasteiger partial charge in [0.1, 0.15) is 12.7 Å². The Morgan fingerprint density at radius 3 is 1.77 bits per heavy atom. The smallest absolute Gasteiger partial charge is 0.303 e. The van der Waals surface area contributed by atoms with Crippen LogP contribution in [0.3, 0.4) is 0 Å². The molecule has 0 heterocycles. The van der Waals surface area contributed by atoms with Crippen molar-refractivity contribution in [1.29, 1.82) is 0 Å². The molecule has 0 spiro atoms. The van der Waals surface area contributed by atoms with E-state index in [-0.39, 0.29) is 22.9 Å². The van der Waals surface area contributed by atoms with Crippen LogP contribution in [0.1, 0.15) is 147 Å². The molecule has 4 fully saturated rings. The van der Waals surface area contributed by atoms with Gasteiger partial charge in [-0.2, -0.15) is 0 Å². The third kappa shape index (κ3) is 7.00. The minimum Gasteiger partial charge on any atom is -0.462 e. The first-order valence-electron chi connectivity index (χ1n) is 20.4. The van der Waals surface area contributed by atoms with Crippen LogP contribution in [-0.2, 0) is 38.1 Å².